The molecule has 5 heteroatoms. The van der Waals surface area contributed by atoms with Crippen LogP contribution in [0.1, 0.15) is 34.2 Å². The van der Waals surface area contributed by atoms with Crippen molar-refractivity contribution in [2.45, 2.75) is 33.1 Å². The van der Waals surface area contributed by atoms with Crippen LogP contribution in [0.2, 0.25) is 0 Å². The highest BCUT2D eigenvalue weighted by molar-refractivity contribution is 8.53. The van der Waals surface area contributed by atoms with Gasteiger partial charge in [0.05, 0.1) is 0 Å². The first-order valence-corrected chi connectivity index (χ1v) is 11.9. The summed E-state index contributed by atoms with van der Waals surface area (Å²) in [5, 5.41) is 13.0. The van der Waals surface area contributed by atoms with Gasteiger partial charge in [-0.05, 0) is 98.3 Å². The summed E-state index contributed by atoms with van der Waals surface area (Å²) < 4.78 is 3.14. The Morgan fingerprint density at radius 3 is 2.28 bits per heavy atom. The molecule has 3 N–H and O–H groups in total. The van der Waals surface area contributed by atoms with Crippen molar-refractivity contribution in [3.8, 4) is 5.75 Å². The Morgan fingerprint density at radius 2 is 1.68 bits per heavy atom. The van der Waals surface area contributed by atoms with E-state index < -0.39 is 0 Å². The van der Waals surface area contributed by atoms with E-state index in [4.69, 9.17) is 0 Å². The second-order valence-corrected chi connectivity index (χ2v) is 10.4. The standard InChI is InChI=1S/C20H29N2OPS/c1-15-12-18(6-5-11-22-24(4)25-21-3)13-16(2)20(15)14-17-7-9-19(23)10-8-17/h7-10,12-13,21-23H,5-6,11,14H2,1-4H3. The zero-order chi connectivity index (χ0) is 18.2. The molecule has 0 aliphatic heterocycles. The highest BCUT2D eigenvalue weighted by atomic mass is 32.7. The molecule has 25 heavy (non-hydrogen) atoms. The molecule has 0 bridgehead atoms. The number of hydrogen-bond acceptors (Lipinski definition) is 4. The maximum atomic E-state index is 9.43. The summed E-state index contributed by atoms with van der Waals surface area (Å²) in [7, 11) is 1.80. The molecular weight excluding hydrogens is 347 g/mol. The van der Waals surface area contributed by atoms with E-state index in [-0.39, 0.29) is 7.27 Å². The van der Waals surface area contributed by atoms with E-state index in [0.29, 0.717) is 5.75 Å². The van der Waals surface area contributed by atoms with Crippen LogP contribution in [0.15, 0.2) is 36.4 Å². The molecule has 0 aliphatic carbocycles. The van der Waals surface area contributed by atoms with Crippen molar-refractivity contribution in [2.24, 2.45) is 0 Å². The van der Waals surface area contributed by atoms with Gasteiger partial charge in [0, 0.05) is 13.8 Å². The fourth-order valence-electron chi connectivity index (χ4n) is 3.02. The zero-order valence-electron chi connectivity index (χ0n) is 15.6. The Hall–Kier alpha value is -1.06. The predicted octanol–water partition coefficient (Wildman–Crippen LogP) is 4.93. The van der Waals surface area contributed by atoms with E-state index in [1.54, 1.807) is 23.7 Å². The van der Waals surface area contributed by atoms with E-state index in [2.05, 4.69) is 42.5 Å². The van der Waals surface area contributed by atoms with Crippen LogP contribution in [-0.4, -0.2) is 25.4 Å². The highest BCUT2D eigenvalue weighted by Crippen LogP contribution is 2.38. The first kappa shape index (κ1) is 20.3. The molecule has 1 unspecified atom stereocenters. The lowest BCUT2D eigenvalue weighted by atomic mass is 9.93. The molecule has 0 amide bonds. The molecule has 2 rings (SSSR count). The molecule has 0 spiro atoms. The fourth-order valence-corrected chi connectivity index (χ4v) is 5.12. The van der Waals surface area contributed by atoms with Gasteiger partial charge in [0.1, 0.15) is 5.75 Å². The van der Waals surface area contributed by atoms with E-state index in [1.807, 2.05) is 19.2 Å². The number of rotatable bonds is 9. The van der Waals surface area contributed by atoms with Crippen molar-refractivity contribution in [3.05, 3.63) is 64.2 Å². The SMILES string of the molecule is CNSP(C)NCCCc1cc(C)c(Cc2ccc(O)cc2)c(C)c1. The first-order valence-electron chi connectivity index (χ1n) is 8.67. The van der Waals surface area contributed by atoms with E-state index in [9.17, 15) is 5.11 Å². The number of phenolic OH excluding ortho intramolecular Hbond substituents is 1. The molecule has 0 heterocycles. The van der Waals surface area contributed by atoms with Gasteiger partial charge < -0.3 is 5.11 Å². The summed E-state index contributed by atoms with van der Waals surface area (Å²) in [6.45, 7) is 7.71. The predicted molar refractivity (Wildman–Crippen MR) is 113 cm³/mol. The number of benzene rings is 2. The molecule has 0 saturated carbocycles. The number of aromatic hydroxyl groups is 1. The lowest BCUT2D eigenvalue weighted by Crippen LogP contribution is -2.09. The number of aryl methyl sites for hydroxylation is 3. The Balaban J connectivity index is 1.93. The quantitative estimate of drug-likeness (QED) is 0.330. The van der Waals surface area contributed by atoms with Gasteiger partial charge in [-0.25, -0.2) is 0 Å². The largest absolute Gasteiger partial charge is 0.508 e. The van der Waals surface area contributed by atoms with Gasteiger partial charge in [0.15, 0.2) is 0 Å². The third kappa shape index (κ3) is 6.63. The Morgan fingerprint density at radius 1 is 1.04 bits per heavy atom. The molecule has 0 aliphatic rings. The number of hydrogen-bond donors (Lipinski definition) is 3. The highest BCUT2D eigenvalue weighted by Gasteiger charge is 2.07. The molecule has 2 aromatic rings. The zero-order valence-corrected chi connectivity index (χ0v) is 17.3. The topological polar surface area (TPSA) is 44.3 Å². The van der Waals surface area contributed by atoms with Crippen molar-refractivity contribution >= 4 is 18.8 Å². The molecule has 0 saturated heterocycles. The minimum atomic E-state index is -0.172. The summed E-state index contributed by atoms with van der Waals surface area (Å²) in [6, 6.07) is 12.2. The molecule has 0 fully saturated rings. The van der Waals surface area contributed by atoms with Gasteiger partial charge in [0.25, 0.3) is 0 Å². The van der Waals surface area contributed by atoms with E-state index in [0.717, 1.165) is 25.8 Å². The molecule has 2 aromatic carbocycles. The maximum absolute atomic E-state index is 9.43. The summed E-state index contributed by atoms with van der Waals surface area (Å²) in [5.74, 6) is 0.324. The van der Waals surface area contributed by atoms with E-state index >= 15 is 0 Å². The van der Waals surface area contributed by atoms with Gasteiger partial charge >= 0.3 is 0 Å². The van der Waals surface area contributed by atoms with E-state index in [1.165, 1.54) is 27.8 Å². The Bertz CT molecular complexity index is 653. The van der Waals surface area contributed by atoms with Gasteiger partial charge in [-0.1, -0.05) is 24.3 Å². The minimum Gasteiger partial charge on any atom is -0.508 e. The third-order valence-corrected chi connectivity index (χ3v) is 7.16. The van der Waals surface area contributed by atoms with Crippen LogP contribution < -0.4 is 9.81 Å². The maximum Gasteiger partial charge on any atom is 0.115 e. The molecular formula is C20H29N2OPS. The van der Waals surface area contributed by atoms with Crippen LogP contribution >= 0.6 is 18.8 Å². The van der Waals surface area contributed by atoms with Crippen molar-refractivity contribution in [2.75, 3.05) is 20.3 Å². The summed E-state index contributed by atoms with van der Waals surface area (Å²) >= 11 is 1.77. The molecule has 0 aromatic heterocycles. The van der Waals surface area contributed by atoms with Crippen LogP contribution in [0.3, 0.4) is 0 Å². The van der Waals surface area contributed by atoms with Crippen LogP contribution in [-0.2, 0) is 12.8 Å². The van der Waals surface area contributed by atoms with Gasteiger partial charge in [-0.3, -0.25) is 9.81 Å². The third-order valence-electron chi connectivity index (χ3n) is 4.28. The number of phenols is 1. The van der Waals surface area contributed by atoms with Crippen molar-refractivity contribution in [1.82, 2.24) is 9.81 Å². The normalized spacial score (nSPS) is 12.3. The average molecular weight is 377 g/mol. The summed E-state index contributed by atoms with van der Waals surface area (Å²) in [5.41, 5.74) is 6.78. The smallest absolute Gasteiger partial charge is 0.115 e. The van der Waals surface area contributed by atoms with Crippen LogP contribution in [0.5, 0.6) is 5.75 Å². The van der Waals surface area contributed by atoms with Gasteiger partial charge in [-0.2, -0.15) is 0 Å². The monoisotopic (exact) mass is 376 g/mol. The van der Waals surface area contributed by atoms with Crippen molar-refractivity contribution in [3.63, 3.8) is 0 Å². The lowest BCUT2D eigenvalue weighted by molar-refractivity contribution is 0.475. The molecule has 3 nitrogen and oxygen atoms in total. The molecule has 1 atom stereocenters. The second-order valence-electron chi connectivity index (χ2n) is 6.36. The summed E-state index contributed by atoms with van der Waals surface area (Å²) in [6.07, 6.45) is 3.19. The second kappa shape index (κ2) is 10.2. The Kier molecular flexibility index (Phi) is 8.25. The van der Waals surface area contributed by atoms with Crippen LogP contribution in [0.4, 0.5) is 0 Å². The van der Waals surface area contributed by atoms with Gasteiger partial charge in [-0.15, -0.1) is 0 Å². The summed E-state index contributed by atoms with van der Waals surface area (Å²) in [4.78, 5) is 0. The molecule has 0 radical (unpaired) electrons. The fraction of sp³-hybridized carbons (Fsp3) is 0.400. The lowest BCUT2D eigenvalue weighted by Gasteiger charge is -2.14. The molecule has 136 valence electrons. The number of nitrogens with one attached hydrogen (secondary N) is 2. The van der Waals surface area contributed by atoms with Crippen molar-refractivity contribution in [1.29, 1.82) is 0 Å². The van der Waals surface area contributed by atoms with Crippen LogP contribution in [0.25, 0.3) is 0 Å². The van der Waals surface area contributed by atoms with Crippen LogP contribution in [0, 0.1) is 13.8 Å². The Labute approximate surface area is 157 Å². The first-order chi connectivity index (χ1) is 12.0. The average Bonchev–Trinajstić information content (AvgIpc) is 2.57. The minimum absolute atomic E-state index is 0.172. The van der Waals surface area contributed by atoms with Crippen molar-refractivity contribution < 1.29 is 5.11 Å². The van der Waals surface area contributed by atoms with Gasteiger partial charge in [0.2, 0.25) is 0 Å².